The molecule has 1 saturated carbocycles. The molecule has 1 aromatic heterocycles. The molecule has 158 valence electrons. The maximum Gasteiger partial charge on any atom is 0.274 e. The van der Waals surface area contributed by atoms with Gasteiger partial charge in [0.15, 0.2) is 0 Å². The molecule has 0 unspecified atom stereocenters. The minimum atomic E-state index is -0.306. The lowest BCUT2D eigenvalue weighted by molar-refractivity contribution is -0.132. The molecule has 2 aromatic rings. The number of carbonyl (C=O) groups is 2. The third-order valence-corrected chi connectivity index (χ3v) is 5.37. The predicted molar refractivity (Wildman–Crippen MR) is 109 cm³/mol. The van der Waals surface area contributed by atoms with Crippen molar-refractivity contribution in [2.75, 3.05) is 33.4 Å². The van der Waals surface area contributed by atoms with Crippen molar-refractivity contribution in [3.63, 3.8) is 0 Å². The fourth-order valence-corrected chi connectivity index (χ4v) is 3.51. The maximum atomic E-state index is 13.0. The van der Waals surface area contributed by atoms with Crippen molar-refractivity contribution in [3.05, 3.63) is 54.1 Å². The molecule has 2 heterocycles. The Labute approximate surface area is 175 Å². The summed E-state index contributed by atoms with van der Waals surface area (Å²) in [7, 11) is 1.62. The number of aromatic nitrogens is 2. The molecule has 8 nitrogen and oxygen atoms in total. The summed E-state index contributed by atoms with van der Waals surface area (Å²) in [6.07, 6.45) is 6.53. The van der Waals surface area contributed by atoms with E-state index in [4.69, 9.17) is 9.47 Å². The number of carbonyl (C=O) groups excluding carboxylic acids is 2. The van der Waals surface area contributed by atoms with Crippen molar-refractivity contribution in [2.45, 2.75) is 25.5 Å². The Kier molecular flexibility index (Phi) is 6.23. The molecule has 1 aromatic carbocycles. The second kappa shape index (κ2) is 9.21. The van der Waals surface area contributed by atoms with Gasteiger partial charge in [-0.05, 0) is 36.5 Å². The highest BCUT2D eigenvalue weighted by Crippen LogP contribution is 2.29. The number of nitrogens with zero attached hydrogens (tertiary/aromatic N) is 4. The number of ether oxygens (including phenoxy) is 2. The number of hydrogen-bond acceptors (Lipinski definition) is 6. The van der Waals surface area contributed by atoms with E-state index < -0.39 is 0 Å². The van der Waals surface area contributed by atoms with Crippen LogP contribution in [0.2, 0.25) is 0 Å². The van der Waals surface area contributed by atoms with Crippen molar-refractivity contribution in [1.29, 1.82) is 0 Å². The number of hydrogen-bond donors (Lipinski definition) is 0. The minimum Gasteiger partial charge on any atom is -0.497 e. The van der Waals surface area contributed by atoms with E-state index in [-0.39, 0.29) is 30.2 Å². The SMILES string of the molecule is COc1cccc(CN2C[C@@H](OCC3CC3)CN(C(=O)c3cnccn3)CC2=O)c1. The highest BCUT2D eigenvalue weighted by atomic mass is 16.5. The number of amides is 2. The van der Waals surface area contributed by atoms with E-state index in [1.807, 2.05) is 24.3 Å². The fourth-order valence-electron chi connectivity index (χ4n) is 3.51. The predicted octanol–water partition coefficient (Wildman–Crippen LogP) is 1.76. The standard InChI is InChI=1S/C22H26N4O4/c1-29-18-4-2-3-17(9-18)11-25-12-19(30-15-16-5-6-16)13-26(14-21(25)27)22(28)20-10-23-7-8-24-20/h2-4,7-10,16,19H,5-6,11-15H2,1H3/t19-/m1/s1. The molecule has 0 radical (unpaired) electrons. The van der Waals surface area contributed by atoms with E-state index >= 15 is 0 Å². The number of methoxy groups -OCH3 is 1. The average molecular weight is 410 g/mol. The Morgan fingerprint density at radius 2 is 2.10 bits per heavy atom. The molecule has 1 saturated heterocycles. The maximum absolute atomic E-state index is 13.0. The van der Waals surface area contributed by atoms with Gasteiger partial charge in [-0.3, -0.25) is 14.6 Å². The topological polar surface area (TPSA) is 84.9 Å². The first kappa shape index (κ1) is 20.3. The van der Waals surface area contributed by atoms with Gasteiger partial charge < -0.3 is 19.3 Å². The molecule has 1 aliphatic heterocycles. The zero-order valence-corrected chi connectivity index (χ0v) is 17.1. The third-order valence-electron chi connectivity index (χ3n) is 5.37. The lowest BCUT2D eigenvalue weighted by atomic mass is 10.2. The van der Waals surface area contributed by atoms with Crippen LogP contribution in [0.15, 0.2) is 42.9 Å². The van der Waals surface area contributed by atoms with Gasteiger partial charge in [-0.15, -0.1) is 0 Å². The smallest absolute Gasteiger partial charge is 0.274 e. The van der Waals surface area contributed by atoms with Crippen molar-refractivity contribution >= 4 is 11.8 Å². The summed E-state index contributed by atoms with van der Waals surface area (Å²) in [6, 6.07) is 7.65. The van der Waals surface area contributed by atoms with Crippen LogP contribution < -0.4 is 4.74 Å². The first-order chi connectivity index (χ1) is 14.6. The zero-order valence-electron chi connectivity index (χ0n) is 17.1. The Morgan fingerprint density at radius 3 is 2.83 bits per heavy atom. The largest absolute Gasteiger partial charge is 0.497 e. The van der Waals surface area contributed by atoms with Crippen LogP contribution in [0.3, 0.4) is 0 Å². The van der Waals surface area contributed by atoms with Crippen molar-refractivity contribution in [2.24, 2.45) is 5.92 Å². The molecule has 30 heavy (non-hydrogen) atoms. The average Bonchev–Trinajstić information content (AvgIpc) is 3.61. The summed E-state index contributed by atoms with van der Waals surface area (Å²) in [5.74, 6) is 0.919. The highest BCUT2D eigenvalue weighted by Gasteiger charge is 2.33. The van der Waals surface area contributed by atoms with E-state index in [0.717, 1.165) is 11.3 Å². The van der Waals surface area contributed by atoms with Gasteiger partial charge in [-0.2, -0.15) is 0 Å². The van der Waals surface area contributed by atoms with E-state index in [1.54, 1.807) is 12.0 Å². The van der Waals surface area contributed by atoms with Crippen LogP contribution in [-0.2, 0) is 16.1 Å². The minimum absolute atomic E-state index is 0.0112. The second-order valence-electron chi connectivity index (χ2n) is 7.80. The number of rotatable bonds is 7. The van der Waals surface area contributed by atoms with Crippen LogP contribution in [0.1, 0.15) is 28.9 Å². The zero-order chi connectivity index (χ0) is 20.9. The van der Waals surface area contributed by atoms with Gasteiger partial charge in [0, 0.05) is 38.6 Å². The third kappa shape index (κ3) is 5.13. The molecule has 2 amide bonds. The van der Waals surface area contributed by atoms with E-state index in [9.17, 15) is 9.59 Å². The number of benzene rings is 1. The molecular weight excluding hydrogens is 384 g/mol. The molecule has 8 heteroatoms. The first-order valence-electron chi connectivity index (χ1n) is 10.2. The quantitative estimate of drug-likeness (QED) is 0.692. The van der Waals surface area contributed by atoms with Gasteiger partial charge in [0.1, 0.15) is 18.0 Å². The van der Waals surface area contributed by atoms with Gasteiger partial charge in [-0.1, -0.05) is 12.1 Å². The summed E-state index contributed by atoms with van der Waals surface area (Å²) < 4.78 is 11.4. The molecule has 1 aliphatic carbocycles. The van der Waals surface area contributed by atoms with E-state index in [2.05, 4.69) is 9.97 Å². The molecule has 0 bridgehead atoms. The van der Waals surface area contributed by atoms with Crippen LogP contribution in [-0.4, -0.2) is 71.0 Å². The molecule has 0 N–H and O–H groups in total. The van der Waals surface area contributed by atoms with Crippen LogP contribution in [0.25, 0.3) is 0 Å². The lowest BCUT2D eigenvalue weighted by Gasteiger charge is -2.25. The second-order valence-corrected chi connectivity index (χ2v) is 7.80. The van der Waals surface area contributed by atoms with Crippen molar-refractivity contribution < 1.29 is 19.1 Å². The Balaban J connectivity index is 1.51. The Morgan fingerprint density at radius 1 is 1.23 bits per heavy atom. The Bertz CT molecular complexity index is 888. The van der Waals surface area contributed by atoms with Gasteiger partial charge in [0.2, 0.25) is 5.91 Å². The highest BCUT2D eigenvalue weighted by molar-refractivity contribution is 5.95. The van der Waals surface area contributed by atoms with E-state index in [1.165, 1.54) is 36.3 Å². The van der Waals surface area contributed by atoms with E-state index in [0.29, 0.717) is 32.2 Å². The molecule has 1 atom stereocenters. The van der Waals surface area contributed by atoms with Gasteiger partial charge in [0.25, 0.3) is 5.91 Å². The Hall–Kier alpha value is -3.00. The molecule has 2 aliphatic rings. The fraction of sp³-hybridized carbons (Fsp3) is 0.455. The van der Waals surface area contributed by atoms with Crippen LogP contribution >= 0.6 is 0 Å². The van der Waals surface area contributed by atoms with Crippen LogP contribution in [0, 0.1) is 5.92 Å². The van der Waals surface area contributed by atoms with Crippen molar-refractivity contribution in [3.8, 4) is 5.75 Å². The van der Waals surface area contributed by atoms with Gasteiger partial charge in [-0.25, -0.2) is 4.98 Å². The summed E-state index contributed by atoms with van der Waals surface area (Å²) in [5.41, 5.74) is 1.20. The summed E-state index contributed by atoms with van der Waals surface area (Å²) in [5, 5.41) is 0. The first-order valence-corrected chi connectivity index (χ1v) is 10.2. The lowest BCUT2D eigenvalue weighted by Crippen LogP contribution is -2.40. The van der Waals surface area contributed by atoms with Gasteiger partial charge >= 0.3 is 0 Å². The monoisotopic (exact) mass is 410 g/mol. The molecule has 4 rings (SSSR count). The summed E-state index contributed by atoms with van der Waals surface area (Å²) in [6.45, 7) is 1.88. The van der Waals surface area contributed by atoms with Crippen LogP contribution in [0.4, 0.5) is 0 Å². The summed E-state index contributed by atoms with van der Waals surface area (Å²) in [4.78, 5) is 37.3. The van der Waals surface area contributed by atoms with Gasteiger partial charge in [0.05, 0.1) is 19.4 Å². The molecular formula is C22H26N4O4. The molecule has 0 spiro atoms. The molecule has 2 fully saturated rings. The van der Waals surface area contributed by atoms with Crippen molar-refractivity contribution in [1.82, 2.24) is 19.8 Å². The summed E-state index contributed by atoms with van der Waals surface area (Å²) >= 11 is 0. The van der Waals surface area contributed by atoms with Crippen LogP contribution in [0.5, 0.6) is 5.75 Å². The normalized spacial score (nSPS) is 19.5.